The molecule has 3 aromatic rings. The van der Waals surface area contributed by atoms with Crippen LogP contribution in [-0.2, 0) is 4.74 Å². The van der Waals surface area contributed by atoms with Crippen molar-refractivity contribution in [1.82, 2.24) is 9.88 Å². The van der Waals surface area contributed by atoms with E-state index in [1.54, 1.807) is 35.2 Å². The lowest BCUT2D eigenvalue weighted by Gasteiger charge is -2.35. The number of benzene rings is 1. The van der Waals surface area contributed by atoms with Gasteiger partial charge in [0.25, 0.3) is 10.7 Å². The number of ether oxygens (including phenoxy) is 1. The number of carbonyl (C=O) groups is 2. The van der Waals surface area contributed by atoms with Gasteiger partial charge >= 0.3 is 0 Å². The molecule has 2 aromatic heterocycles. The maximum Gasteiger partial charge on any atom is 0.266 e. The van der Waals surface area contributed by atoms with Gasteiger partial charge in [0.15, 0.2) is 17.1 Å². The molecule has 0 radical (unpaired) electrons. The molecule has 8 heteroatoms. The Kier molecular flexibility index (Phi) is 4.44. The number of rotatable bonds is 4. The number of carbonyl (C=O) groups excluding carboxylic acids is 2. The highest BCUT2D eigenvalue weighted by molar-refractivity contribution is 7.71. The third kappa shape index (κ3) is 3.21. The van der Waals surface area contributed by atoms with E-state index in [9.17, 15) is 9.59 Å². The number of hydrogen-bond donors (Lipinski definition) is 1. The van der Waals surface area contributed by atoms with Crippen molar-refractivity contribution in [2.45, 2.75) is 12.5 Å². The lowest BCUT2D eigenvalue weighted by Crippen LogP contribution is -2.49. The average molecular weight is 372 g/mol. The first kappa shape index (κ1) is 16.7. The smallest absolute Gasteiger partial charge is 0.266 e. The van der Waals surface area contributed by atoms with Gasteiger partial charge in [0.1, 0.15) is 0 Å². The minimum atomic E-state index is -0.345. The molecule has 3 heterocycles. The Labute approximate surface area is 153 Å². The number of hydrogen-bond acceptors (Lipinski definition) is 6. The van der Waals surface area contributed by atoms with Gasteiger partial charge in [-0.05, 0) is 42.5 Å². The number of amides is 1. The Morgan fingerprint density at radius 1 is 1.31 bits per heavy atom. The third-order valence-electron chi connectivity index (χ3n) is 4.37. The van der Waals surface area contributed by atoms with Gasteiger partial charge in [-0.1, -0.05) is 0 Å². The molecule has 0 bridgehead atoms. The number of furan rings is 1. The van der Waals surface area contributed by atoms with Gasteiger partial charge in [-0.25, -0.2) is 0 Å². The zero-order chi connectivity index (χ0) is 18.1. The van der Waals surface area contributed by atoms with E-state index in [1.165, 1.54) is 6.26 Å². The second kappa shape index (κ2) is 6.89. The molecular weight excluding hydrogens is 356 g/mol. The number of nitrogens with zero attached hydrogens (tertiary/aromatic N) is 1. The zero-order valence-corrected chi connectivity index (χ0v) is 14.6. The monoisotopic (exact) mass is 372 g/mol. The molecular formula is C18H16N2O5S. The summed E-state index contributed by atoms with van der Waals surface area (Å²) < 4.78 is 16.0. The molecule has 7 nitrogen and oxygen atoms in total. The Morgan fingerprint density at radius 3 is 3.00 bits per heavy atom. The normalized spacial score (nSPS) is 17.5. The van der Waals surface area contributed by atoms with Crippen LogP contribution in [0.4, 0.5) is 0 Å². The molecule has 1 amide bonds. The SMILES string of the molecule is O=C(C[C@@H]1COCCN1C(=O)c1ccc2[nH]c(=S)oc2c1)c1ccco1. The Bertz CT molecular complexity index is 1000. The van der Waals surface area contributed by atoms with E-state index < -0.39 is 0 Å². The predicted octanol–water partition coefficient (Wildman–Crippen LogP) is 3.20. The first-order valence-corrected chi connectivity index (χ1v) is 8.61. The highest BCUT2D eigenvalue weighted by Gasteiger charge is 2.31. The van der Waals surface area contributed by atoms with Crippen LogP contribution < -0.4 is 0 Å². The molecule has 0 saturated carbocycles. The van der Waals surface area contributed by atoms with E-state index in [2.05, 4.69) is 4.98 Å². The maximum atomic E-state index is 13.0. The number of ketones is 1. The quantitative estimate of drug-likeness (QED) is 0.559. The molecule has 4 rings (SSSR count). The van der Waals surface area contributed by atoms with Crippen molar-refractivity contribution in [3.05, 3.63) is 52.8 Å². The number of fused-ring (bicyclic) bond motifs is 1. The zero-order valence-electron chi connectivity index (χ0n) is 13.8. The molecule has 1 aliphatic heterocycles. The van der Waals surface area contributed by atoms with E-state index in [0.29, 0.717) is 30.9 Å². The molecule has 1 aromatic carbocycles. The van der Waals surface area contributed by atoms with Gasteiger partial charge < -0.3 is 23.5 Å². The average Bonchev–Trinajstić information content (AvgIpc) is 3.29. The number of H-pyrrole nitrogens is 1. The number of aromatic amines is 1. The summed E-state index contributed by atoms with van der Waals surface area (Å²) in [7, 11) is 0. The topological polar surface area (TPSA) is 88.7 Å². The summed E-state index contributed by atoms with van der Waals surface area (Å²) in [4.78, 5) is 30.2. The van der Waals surface area contributed by atoms with Crippen LogP contribution in [0.2, 0.25) is 0 Å². The van der Waals surface area contributed by atoms with E-state index in [-0.39, 0.29) is 34.8 Å². The van der Waals surface area contributed by atoms with Gasteiger partial charge in [0.05, 0.1) is 31.0 Å². The van der Waals surface area contributed by atoms with E-state index in [1.807, 2.05) is 0 Å². The molecule has 134 valence electrons. The molecule has 0 aliphatic carbocycles. The van der Waals surface area contributed by atoms with Gasteiger partial charge in [0.2, 0.25) is 0 Å². The molecule has 26 heavy (non-hydrogen) atoms. The lowest BCUT2D eigenvalue weighted by atomic mass is 10.0. The first-order chi connectivity index (χ1) is 12.6. The van der Waals surface area contributed by atoms with Crippen molar-refractivity contribution in [2.24, 2.45) is 0 Å². The van der Waals surface area contributed by atoms with Crippen LogP contribution in [0.5, 0.6) is 0 Å². The van der Waals surface area contributed by atoms with Gasteiger partial charge in [0, 0.05) is 18.5 Å². The van der Waals surface area contributed by atoms with Crippen LogP contribution in [0.3, 0.4) is 0 Å². The number of nitrogens with one attached hydrogen (secondary N) is 1. The molecule has 1 saturated heterocycles. The number of aromatic nitrogens is 1. The number of Topliss-reactive ketones (excluding diaryl/α,β-unsaturated/α-hetero) is 1. The van der Waals surface area contributed by atoms with Crippen molar-refractivity contribution < 1.29 is 23.2 Å². The second-order valence-corrected chi connectivity index (χ2v) is 6.43. The summed E-state index contributed by atoms with van der Waals surface area (Å²) in [5.41, 5.74) is 1.74. The second-order valence-electron chi connectivity index (χ2n) is 6.06. The highest BCUT2D eigenvalue weighted by atomic mass is 32.1. The molecule has 0 unspecified atom stereocenters. The van der Waals surface area contributed by atoms with Crippen LogP contribution in [0.1, 0.15) is 27.3 Å². The molecule has 1 N–H and O–H groups in total. The van der Waals surface area contributed by atoms with Gasteiger partial charge in [-0.2, -0.15) is 0 Å². The minimum absolute atomic E-state index is 0.145. The van der Waals surface area contributed by atoms with Crippen molar-refractivity contribution >= 4 is 35.0 Å². The largest absolute Gasteiger partial charge is 0.461 e. The first-order valence-electron chi connectivity index (χ1n) is 8.20. The summed E-state index contributed by atoms with van der Waals surface area (Å²) in [6, 6.07) is 8.06. The van der Waals surface area contributed by atoms with Crippen LogP contribution in [0, 0.1) is 4.84 Å². The van der Waals surface area contributed by atoms with Crippen molar-refractivity contribution in [3.8, 4) is 0 Å². The van der Waals surface area contributed by atoms with Crippen LogP contribution in [-0.4, -0.2) is 47.4 Å². The summed E-state index contributed by atoms with van der Waals surface area (Å²) in [6.45, 7) is 1.17. The van der Waals surface area contributed by atoms with Crippen LogP contribution >= 0.6 is 12.2 Å². The summed E-state index contributed by atoms with van der Waals surface area (Å²) in [5, 5.41) is 0. The van der Waals surface area contributed by atoms with Crippen molar-refractivity contribution in [3.63, 3.8) is 0 Å². The highest BCUT2D eigenvalue weighted by Crippen LogP contribution is 2.21. The van der Waals surface area contributed by atoms with Crippen molar-refractivity contribution in [2.75, 3.05) is 19.8 Å². The van der Waals surface area contributed by atoms with Crippen LogP contribution in [0.15, 0.2) is 45.4 Å². The Morgan fingerprint density at radius 2 is 2.19 bits per heavy atom. The fourth-order valence-corrected chi connectivity index (χ4v) is 3.29. The van der Waals surface area contributed by atoms with Crippen LogP contribution in [0.25, 0.3) is 11.1 Å². The molecule has 1 fully saturated rings. The predicted molar refractivity (Wildman–Crippen MR) is 94.7 cm³/mol. The van der Waals surface area contributed by atoms with Gasteiger partial charge in [-0.3, -0.25) is 9.59 Å². The number of morpholine rings is 1. The molecule has 1 atom stereocenters. The van der Waals surface area contributed by atoms with E-state index in [4.69, 9.17) is 25.8 Å². The minimum Gasteiger partial charge on any atom is -0.461 e. The molecule has 0 spiro atoms. The molecule has 1 aliphatic rings. The Hall–Kier alpha value is -2.71. The van der Waals surface area contributed by atoms with E-state index >= 15 is 0 Å². The fraction of sp³-hybridized carbons (Fsp3) is 0.278. The lowest BCUT2D eigenvalue weighted by molar-refractivity contribution is -0.00303. The van der Waals surface area contributed by atoms with E-state index in [0.717, 1.165) is 5.52 Å². The number of oxazole rings is 1. The summed E-state index contributed by atoms with van der Waals surface area (Å²) in [5.74, 6) is -0.0432. The third-order valence-corrected chi connectivity index (χ3v) is 4.56. The summed E-state index contributed by atoms with van der Waals surface area (Å²) in [6.07, 6.45) is 1.60. The van der Waals surface area contributed by atoms with Crippen molar-refractivity contribution in [1.29, 1.82) is 0 Å². The standard InChI is InChI=1S/C18H16N2O5S/c21-14(15-2-1-6-24-15)9-12-10-23-7-5-20(12)17(22)11-3-4-13-16(8-11)25-18(26)19-13/h1-4,6,8,12H,5,7,9-10H2,(H,19,26)/t12-/m1/s1. The maximum absolute atomic E-state index is 13.0. The summed E-state index contributed by atoms with van der Waals surface area (Å²) >= 11 is 4.97. The Balaban J connectivity index is 1.57. The fourth-order valence-electron chi connectivity index (χ4n) is 3.09. The van der Waals surface area contributed by atoms with Gasteiger partial charge in [-0.15, -0.1) is 0 Å².